The van der Waals surface area contributed by atoms with Gasteiger partial charge in [-0.1, -0.05) is 56.0 Å². The number of nitrogens with one attached hydrogen (secondary N) is 3. The number of carbonyl (C=O) groups excluding carboxylic acids is 1. The van der Waals surface area contributed by atoms with E-state index >= 15 is 0 Å². The summed E-state index contributed by atoms with van der Waals surface area (Å²) >= 11 is 6.37. The van der Waals surface area contributed by atoms with Crippen LogP contribution in [0.2, 0.25) is 5.02 Å². The first-order valence-electron chi connectivity index (χ1n) is 11.4. The summed E-state index contributed by atoms with van der Waals surface area (Å²) in [6.07, 6.45) is 2.63. The molecule has 3 aromatic rings. The van der Waals surface area contributed by atoms with Crippen LogP contribution >= 0.6 is 18.7 Å². The molecule has 8 nitrogen and oxygen atoms in total. The molecular weight excluding hydrogens is 509 g/mol. The topological polar surface area (TPSA) is 105 Å². The molecule has 1 heterocycles. The minimum absolute atomic E-state index is 0.139. The zero-order chi connectivity index (χ0) is 27.2. The third-order valence-corrected chi connectivity index (χ3v) is 6.83. The molecule has 37 heavy (non-hydrogen) atoms. The van der Waals surface area contributed by atoms with Crippen LogP contribution in [0.4, 0.5) is 28.8 Å². The molecule has 1 amide bonds. The molecule has 3 N–H and O–H groups in total. The van der Waals surface area contributed by atoms with Crippen molar-refractivity contribution in [2.45, 2.75) is 13.8 Å². The molecule has 0 saturated heterocycles. The number of aromatic nitrogens is 2. The smallest absolute Gasteiger partial charge is 0.247 e. The van der Waals surface area contributed by atoms with Crippen molar-refractivity contribution >= 4 is 58.8 Å². The SMILES string of the molecule is C=CC(=O)Nc1cc(Nc2ncc(Cl)c(Nc3ccccc3P(C)(C)=O)n2)c(OC)cc1C#CC(C)C. The number of nitrogens with zero attached hydrogens (tertiary/aromatic N) is 2. The van der Waals surface area contributed by atoms with E-state index in [1.165, 1.54) is 19.4 Å². The first-order valence-corrected chi connectivity index (χ1v) is 14.4. The summed E-state index contributed by atoms with van der Waals surface area (Å²) in [5, 5.41) is 10.0. The Morgan fingerprint density at radius 3 is 2.54 bits per heavy atom. The van der Waals surface area contributed by atoms with E-state index in [1.54, 1.807) is 25.5 Å². The summed E-state index contributed by atoms with van der Waals surface area (Å²) < 4.78 is 18.3. The number of amides is 1. The molecule has 0 unspecified atom stereocenters. The quantitative estimate of drug-likeness (QED) is 0.184. The molecule has 2 aromatic carbocycles. The summed E-state index contributed by atoms with van der Waals surface area (Å²) in [6, 6.07) is 10.7. The van der Waals surface area contributed by atoms with Crippen LogP contribution in [0.25, 0.3) is 0 Å². The Balaban J connectivity index is 2.01. The highest BCUT2D eigenvalue weighted by molar-refractivity contribution is 7.70. The molecule has 0 aliphatic rings. The van der Waals surface area contributed by atoms with Crippen molar-refractivity contribution in [2.75, 3.05) is 36.4 Å². The van der Waals surface area contributed by atoms with E-state index in [2.05, 4.69) is 44.3 Å². The van der Waals surface area contributed by atoms with E-state index in [0.29, 0.717) is 39.5 Å². The Labute approximate surface area is 222 Å². The molecule has 0 aliphatic carbocycles. The van der Waals surface area contributed by atoms with Gasteiger partial charge in [-0.25, -0.2) is 4.98 Å². The number of carbonyl (C=O) groups is 1. The largest absolute Gasteiger partial charge is 0.495 e. The zero-order valence-electron chi connectivity index (χ0n) is 21.3. The monoisotopic (exact) mass is 537 g/mol. The van der Waals surface area contributed by atoms with Gasteiger partial charge in [0.2, 0.25) is 11.9 Å². The average Bonchev–Trinajstić information content (AvgIpc) is 2.85. The Kier molecular flexibility index (Phi) is 8.99. The number of methoxy groups -OCH3 is 1. The van der Waals surface area contributed by atoms with Gasteiger partial charge in [-0.15, -0.1) is 0 Å². The van der Waals surface area contributed by atoms with Crippen molar-refractivity contribution in [3.63, 3.8) is 0 Å². The first kappa shape index (κ1) is 27.8. The number of para-hydroxylation sites is 1. The van der Waals surface area contributed by atoms with Gasteiger partial charge in [-0.2, -0.15) is 4.98 Å². The number of benzene rings is 2. The molecule has 0 aliphatic heterocycles. The lowest BCUT2D eigenvalue weighted by Crippen LogP contribution is -2.11. The van der Waals surface area contributed by atoms with Crippen molar-refractivity contribution in [3.8, 4) is 17.6 Å². The van der Waals surface area contributed by atoms with Crippen molar-refractivity contribution in [3.05, 3.63) is 65.8 Å². The Hall–Kier alpha value is -3.79. The van der Waals surface area contributed by atoms with Crippen LogP contribution < -0.4 is 26.0 Å². The number of anilines is 5. The van der Waals surface area contributed by atoms with E-state index in [9.17, 15) is 9.36 Å². The molecule has 0 atom stereocenters. The Morgan fingerprint density at radius 1 is 1.16 bits per heavy atom. The zero-order valence-corrected chi connectivity index (χ0v) is 23.0. The van der Waals surface area contributed by atoms with E-state index in [-0.39, 0.29) is 22.8 Å². The second kappa shape index (κ2) is 12.0. The third-order valence-electron chi connectivity index (χ3n) is 5.01. The summed E-state index contributed by atoms with van der Waals surface area (Å²) in [6.45, 7) is 10.9. The fourth-order valence-electron chi connectivity index (χ4n) is 3.27. The maximum absolute atomic E-state index is 12.8. The van der Waals surface area contributed by atoms with E-state index in [0.717, 1.165) is 0 Å². The van der Waals surface area contributed by atoms with E-state index in [1.807, 2.05) is 38.1 Å². The summed E-state index contributed by atoms with van der Waals surface area (Å²) in [4.78, 5) is 20.8. The number of hydrogen-bond donors (Lipinski definition) is 3. The molecule has 0 bridgehead atoms. The minimum atomic E-state index is -2.56. The van der Waals surface area contributed by atoms with Crippen molar-refractivity contribution in [1.82, 2.24) is 9.97 Å². The van der Waals surface area contributed by atoms with Crippen molar-refractivity contribution < 1.29 is 14.1 Å². The molecule has 192 valence electrons. The van der Waals surface area contributed by atoms with Crippen LogP contribution in [-0.2, 0) is 9.36 Å². The number of hydrogen-bond acceptors (Lipinski definition) is 7. The normalized spacial score (nSPS) is 10.8. The number of halogens is 1. The molecule has 3 rings (SSSR count). The molecule has 0 saturated carbocycles. The molecule has 1 aromatic heterocycles. The second-order valence-corrected chi connectivity index (χ2v) is 12.3. The summed E-state index contributed by atoms with van der Waals surface area (Å²) in [5.74, 6) is 6.97. The summed E-state index contributed by atoms with van der Waals surface area (Å²) in [5.41, 5.74) is 2.20. The highest BCUT2D eigenvalue weighted by Crippen LogP contribution is 2.39. The lowest BCUT2D eigenvalue weighted by atomic mass is 10.1. The highest BCUT2D eigenvalue weighted by Gasteiger charge is 2.18. The standard InChI is InChI=1S/C27H29ClN5O3P/c1-7-25(34)30-21-15-22(23(36-4)14-18(21)13-12-17(2)3)32-27-29-16-19(28)26(33-27)31-20-10-8-9-11-24(20)37(5,6)35/h7-11,14-17H,1H2,2-6H3,(H,30,34)(H2,29,31,32,33). The van der Waals surface area contributed by atoms with Gasteiger partial charge in [0.25, 0.3) is 0 Å². The molecular formula is C27H29ClN5O3P. The Morgan fingerprint density at radius 2 is 1.89 bits per heavy atom. The maximum atomic E-state index is 12.8. The fourth-order valence-corrected chi connectivity index (χ4v) is 4.56. The Bertz CT molecular complexity index is 1440. The average molecular weight is 538 g/mol. The predicted octanol–water partition coefficient (Wildman–Crippen LogP) is 6.01. The van der Waals surface area contributed by atoms with Gasteiger partial charge >= 0.3 is 0 Å². The lowest BCUT2D eigenvalue weighted by molar-refractivity contribution is -0.111. The maximum Gasteiger partial charge on any atom is 0.247 e. The molecule has 10 heteroatoms. The van der Waals surface area contributed by atoms with Crippen molar-refractivity contribution in [1.29, 1.82) is 0 Å². The van der Waals surface area contributed by atoms with Gasteiger partial charge < -0.3 is 25.3 Å². The number of rotatable bonds is 8. The van der Waals surface area contributed by atoms with Crippen LogP contribution in [-0.4, -0.2) is 36.3 Å². The van der Waals surface area contributed by atoms with Gasteiger partial charge in [0, 0.05) is 17.3 Å². The van der Waals surface area contributed by atoms with Crippen LogP contribution in [0.15, 0.2) is 55.3 Å². The van der Waals surface area contributed by atoms with Crippen LogP contribution in [0.3, 0.4) is 0 Å². The van der Waals surface area contributed by atoms with Gasteiger partial charge in [0.1, 0.15) is 17.9 Å². The van der Waals surface area contributed by atoms with Crippen LogP contribution in [0, 0.1) is 17.8 Å². The van der Waals surface area contributed by atoms with Gasteiger partial charge in [0.15, 0.2) is 5.82 Å². The van der Waals surface area contributed by atoms with Gasteiger partial charge in [-0.3, -0.25) is 4.79 Å². The van der Waals surface area contributed by atoms with Gasteiger partial charge in [0.05, 0.1) is 35.9 Å². The molecule has 0 spiro atoms. The van der Waals surface area contributed by atoms with E-state index < -0.39 is 7.14 Å². The van der Waals surface area contributed by atoms with Crippen molar-refractivity contribution in [2.24, 2.45) is 5.92 Å². The lowest BCUT2D eigenvalue weighted by Gasteiger charge is -2.17. The second-order valence-electron chi connectivity index (χ2n) is 8.72. The molecule has 0 radical (unpaired) electrons. The van der Waals surface area contributed by atoms with E-state index in [4.69, 9.17) is 16.3 Å². The van der Waals surface area contributed by atoms with Crippen LogP contribution in [0.1, 0.15) is 19.4 Å². The van der Waals surface area contributed by atoms with Gasteiger partial charge in [-0.05, 0) is 37.6 Å². The van der Waals surface area contributed by atoms with Crippen LogP contribution in [0.5, 0.6) is 5.75 Å². The highest BCUT2D eigenvalue weighted by atomic mass is 35.5. The predicted molar refractivity (Wildman–Crippen MR) is 153 cm³/mol. The third kappa shape index (κ3) is 7.36. The minimum Gasteiger partial charge on any atom is -0.495 e. The first-order chi connectivity index (χ1) is 17.5. The molecule has 0 fully saturated rings. The fraction of sp³-hybridized carbons (Fsp3) is 0.222. The summed E-state index contributed by atoms with van der Waals surface area (Å²) in [7, 11) is -1.03. The number of ether oxygens (including phenoxy) is 1.